The molecule has 4 N–H and O–H groups in total. The lowest BCUT2D eigenvalue weighted by molar-refractivity contribution is -0.122. The van der Waals surface area contributed by atoms with Crippen molar-refractivity contribution in [1.82, 2.24) is 5.32 Å². The summed E-state index contributed by atoms with van der Waals surface area (Å²) in [6, 6.07) is 7.77. The lowest BCUT2D eigenvalue weighted by Gasteiger charge is -2.16. The Hall–Kier alpha value is -1.24. The fraction of sp³-hybridized carbons (Fsp3) is 0.611. The highest BCUT2D eigenvalue weighted by Crippen LogP contribution is 2.35. The number of aliphatic hydroxyl groups excluding tert-OH is 1. The Kier molecular flexibility index (Phi) is 10.7. The second-order valence-corrected chi connectivity index (χ2v) is 7.60. The minimum absolute atomic E-state index is 0.261. The van der Waals surface area contributed by atoms with Gasteiger partial charge in [-0.2, -0.15) is 0 Å². The number of aliphatic hydroxyl groups is 1. The van der Waals surface area contributed by atoms with Gasteiger partial charge in [0.1, 0.15) is 0 Å². The van der Waals surface area contributed by atoms with Crippen LogP contribution in [-0.2, 0) is 26.7 Å². The summed E-state index contributed by atoms with van der Waals surface area (Å²) in [5.41, 5.74) is 2.67. The normalized spacial score (nSPS) is 12.8. The summed E-state index contributed by atoms with van der Waals surface area (Å²) >= 11 is 0. The summed E-state index contributed by atoms with van der Waals surface area (Å²) in [7, 11) is -4.61. The molecule has 0 spiro atoms. The molecule has 0 aliphatic heterocycles. The molecule has 0 aliphatic carbocycles. The van der Waals surface area contributed by atoms with Crippen molar-refractivity contribution in [1.29, 1.82) is 0 Å². The fourth-order valence-corrected chi connectivity index (χ4v) is 3.02. The number of phosphoric acid groups is 1. The van der Waals surface area contributed by atoms with E-state index in [0.717, 1.165) is 38.5 Å². The Labute approximate surface area is 155 Å². The van der Waals surface area contributed by atoms with Gasteiger partial charge >= 0.3 is 7.82 Å². The summed E-state index contributed by atoms with van der Waals surface area (Å²) in [5, 5.41) is 11.6. The van der Waals surface area contributed by atoms with Gasteiger partial charge < -0.3 is 20.2 Å². The van der Waals surface area contributed by atoms with Crippen molar-refractivity contribution in [2.24, 2.45) is 0 Å². The second-order valence-electron chi connectivity index (χ2n) is 6.36. The molecule has 0 aromatic heterocycles. The molecule has 7 nitrogen and oxygen atoms in total. The van der Waals surface area contributed by atoms with Gasteiger partial charge in [0.15, 0.2) is 0 Å². The van der Waals surface area contributed by atoms with E-state index in [9.17, 15) is 9.36 Å². The standard InChI is InChI=1S/C18H30NO6P/c1-2-7-15-9-6-10-16(12-15)8-4-3-5-11-18(21)19-17(13-20)14-25-26(22,23)24/h6,9-10,12,17,20H,2-5,7-8,11,13-14H2,1H3,(H,19,21)(H2,22,23,24)/t17-/m1/s1. The molecule has 1 amide bonds. The number of benzene rings is 1. The number of phosphoric ester groups is 1. The molecule has 1 aromatic carbocycles. The largest absolute Gasteiger partial charge is 0.469 e. The lowest BCUT2D eigenvalue weighted by Crippen LogP contribution is -2.40. The maximum atomic E-state index is 11.8. The highest BCUT2D eigenvalue weighted by molar-refractivity contribution is 7.46. The molecule has 0 saturated carbocycles. The maximum absolute atomic E-state index is 11.8. The van der Waals surface area contributed by atoms with Crippen LogP contribution in [0.25, 0.3) is 0 Å². The number of rotatable bonds is 13. The van der Waals surface area contributed by atoms with Crippen molar-refractivity contribution in [3.8, 4) is 0 Å². The third-order valence-corrected chi connectivity index (χ3v) is 4.41. The highest BCUT2D eigenvalue weighted by Gasteiger charge is 2.19. The van der Waals surface area contributed by atoms with E-state index in [1.807, 2.05) is 0 Å². The van der Waals surface area contributed by atoms with Gasteiger partial charge in [0.2, 0.25) is 5.91 Å². The summed E-state index contributed by atoms with van der Waals surface area (Å²) < 4.78 is 14.9. The molecule has 1 aromatic rings. The van der Waals surface area contributed by atoms with Crippen LogP contribution >= 0.6 is 7.82 Å². The number of amides is 1. The van der Waals surface area contributed by atoms with Crippen molar-refractivity contribution < 1.29 is 28.8 Å². The molecule has 1 rings (SSSR count). The van der Waals surface area contributed by atoms with Gasteiger partial charge in [0, 0.05) is 6.42 Å². The van der Waals surface area contributed by atoms with Crippen molar-refractivity contribution in [3.05, 3.63) is 35.4 Å². The topological polar surface area (TPSA) is 116 Å². The Morgan fingerprint density at radius 2 is 1.88 bits per heavy atom. The van der Waals surface area contributed by atoms with E-state index >= 15 is 0 Å². The van der Waals surface area contributed by atoms with Crippen LogP contribution in [0.15, 0.2) is 24.3 Å². The molecule has 26 heavy (non-hydrogen) atoms. The predicted octanol–water partition coefficient (Wildman–Crippen LogP) is 2.33. The van der Waals surface area contributed by atoms with E-state index < -0.39 is 27.1 Å². The van der Waals surface area contributed by atoms with E-state index in [0.29, 0.717) is 6.42 Å². The molecule has 0 saturated heterocycles. The second kappa shape index (κ2) is 12.2. The number of hydrogen-bond donors (Lipinski definition) is 4. The van der Waals surface area contributed by atoms with Crippen LogP contribution in [0.2, 0.25) is 0 Å². The molecular formula is C18H30NO6P. The molecule has 8 heteroatoms. The Bertz CT molecular complexity index is 589. The van der Waals surface area contributed by atoms with E-state index in [1.54, 1.807) is 0 Å². The first-order valence-electron chi connectivity index (χ1n) is 9.02. The van der Waals surface area contributed by atoms with E-state index in [2.05, 4.69) is 41.0 Å². The third kappa shape index (κ3) is 10.7. The summed E-state index contributed by atoms with van der Waals surface area (Å²) in [6.07, 6.45) is 6.13. The summed E-state index contributed by atoms with van der Waals surface area (Å²) in [5.74, 6) is -0.261. The summed E-state index contributed by atoms with van der Waals surface area (Å²) in [4.78, 5) is 29.1. The van der Waals surface area contributed by atoms with Crippen LogP contribution in [-0.4, -0.2) is 40.1 Å². The number of carbonyl (C=O) groups excluding carboxylic acids is 1. The van der Waals surface area contributed by atoms with Crippen LogP contribution in [0.4, 0.5) is 0 Å². The van der Waals surface area contributed by atoms with Crippen LogP contribution < -0.4 is 5.32 Å². The van der Waals surface area contributed by atoms with Crippen LogP contribution in [0.1, 0.15) is 50.2 Å². The number of carbonyl (C=O) groups is 1. The highest BCUT2D eigenvalue weighted by atomic mass is 31.2. The molecule has 0 aliphatic rings. The first-order chi connectivity index (χ1) is 12.3. The third-order valence-electron chi connectivity index (χ3n) is 3.93. The molecule has 1 atom stereocenters. The fourth-order valence-electron chi connectivity index (χ4n) is 2.65. The number of hydrogen-bond acceptors (Lipinski definition) is 4. The zero-order valence-corrected chi connectivity index (χ0v) is 16.2. The van der Waals surface area contributed by atoms with Crippen molar-refractivity contribution in [2.45, 2.75) is 57.9 Å². The van der Waals surface area contributed by atoms with E-state index in [1.165, 1.54) is 11.1 Å². The zero-order valence-electron chi connectivity index (χ0n) is 15.3. The van der Waals surface area contributed by atoms with Crippen LogP contribution in [0.3, 0.4) is 0 Å². The molecule has 0 bridgehead atoms. The zero-order chi connectivity index (χ0) is 19.4. The maximum Gasteiger partial charge on any atom is 0.469 e. The summed E-state index contributed by atoms with van der Waals surface area (Å²) in [6.45, 7) is 1.29. The van der Waals surface area contributed by atoms with Crippen molar-refractivity contribution >= 4 is 13.7 Å². The van der Waals surface area contributed by atoms with Crippen molar-refractivity contribution in [2.75, 3.05) is 13.2 Å². The number of aryl methyl sites for hydroxylation is 2. The predicted molar refractivity (Wildman–Crippen MR) is 99.6 cm³/mol. The molecule has 0 fully saturated rings. The quantitative estimate of drug-likeness (QED) is 0.305. The molecule has 0 radical (unpaired) electrons. The van der Waals surface area contributed by atoms with Gasteiger partial charge in [-0.3, -0.25) is 9.32 Å². The van der Waals surface area contributed by atoms with E-state index in [4.69, 9.17) is 14.9 Å². The Balaban J connectivity index is 2.21. The first kappa shape index (κ1) is 22.8. The smallest absolute Gasteiger partial charge is 0.394 e. The van der Waals surface area contributed by atoms with Crippen LogP contribution in [0, 0.1) is 0 Å². The van der Waals surface area contributed by atoms with Crippen molar-refractivity contribution in [3.63, 3.8) is 0 Å². The molecular weight excluding hydrogens is 357 g/mol. The van der Waals surface area contributed by atoms with Gasteiger partial charge in [-0.05, 0) is 36.8 Å². The minimum Gasteiger partial charge on any atom is -0.394 e. The van der Waals surface area contributed by atoms with Gasteiger partial charge in [0.25, 0.3) is 0 Å². The average Bonchev–Trinajstić information content (AvgIpc) is 2.58. The monoisotopic (exact) mass is 387 g/mol. The lowest BCUT2D eigenvalue weighted by atomic mass is 10.0. The van der Waals surface area contributed by atoms with Gasteiger partial charge in [-0.25, -0.2) is 4.57 Å². The van der Waals surface area contributed by atoms with Gasteiger partial charge in [-0.1, -0.05) is 44.0 Å². The van der Waals surface area contributed by atoms with E-state index in [-0.39, 0.29) is 5.91 Å². The Morgan fingerprint density at radius 1 is 1.19 bits per heavy atom. The van der Waals surface area contributed by atoms with Gasteiger partial charge in [0.05, 0.1) is 19.3 Å². The number of nitrogens with one attached hydrogen (secondary N) is 1. The molecule has 148 valence electrons. The van der Waals surface area contributed by atoms with Gasteiger partial charge in [-0.15, -0.1) is 0 Å². The SMILES string of the molecule is CCCc1cccc(CCCCCC(=O)N[C@H](CO)COP(=O)(O)O)c1. The number of unbranched alkanes of at least 4 members (excludes halogenated alkanes) is 2. The minimum atomic E-state index is -4.61. The molecule has 0 unspecified atom stereocenters. The first-order valence-corrected chi connectivity index (χ1v) is 10.5. The molecule has 0 heterocycles. The Morgan fingerprint density at radius 3 is 2.50 bits per heavy atom. The average molecular weight is 387 g/mol. The van der Waals surface area contributed by atoms with Crippen LogP contribution in [0.5, 0.6) is 0 Å².